The van der Waals surface area contributed by atoms with Crippen LogP contribution in [0.3, 0.4) is 0 Å². The summed E-state index contributed by atoms with van der Waals surface area (Å²) in [4.78, 5) is 66.9. The van der Waals surface area contributed by atoms with Gasteiger partial charge in [-0.1, -0.05) is 35.6 Å². The maximum absolute atomic E-state index is 13.2. The number of carbonyl (C=O) groups excluding carboxylic acids is 2. The molecule has 0 fully saturated rings. The van der Waals surface area contributed by atoms with Crippen molar-refractivity contribution in [3.05, 3.63) is 80.3 Å². The van der Waals surface area contributed by atoms with Gasteiger partial charge in [0.05, 0.1) is 10.6 Å². The van der Waals surface area contributed by atoms with Crippen LogP contribution < -0.4 is 16.0 Å². The highest BCUT2D eigenvalue weighted by Crippen LogP contribution is 2.28. The molecule has 1 aromatic heterocycles. The molecule has 3 aromatic rings. The number of amides is 4. The fourth-order valence-electron chi connectivity index (χ4n) is 4.84. The highest BCUT2D eigenvalue weighted by molar-refractivity contribution is 7.17. The van der Waals surface area contributed by atoms with Gasteiger partial charge in [-0.05, 0) is 77.6 Å². The van der Waals surface area contributed by atoms with Gasteiger partial charge >= 0.3 is 12.2 Å². The molecular formula is C32H41N7O8S. The summed E-state index contributed by atoms with van der Waals surface area (Å²) in [7, 11) is 0. The lowest BCUT2D eigenvalue weighted by Crippen LogP contribution is -2.66. The Kier molecular flexibility index (Phi) is 11.7. The molecule has 0 aliphatic heterocycles. The summed E-state index contributed by atoms with van der Waals surface area (Å²) in [6, 6.07) is 12.9. The molecule has 0 aliphatic carbocycles. The third-order valence-electron chi connectivity index (χ3n) is 7.03. The van der Waals surface area contributed by atoms with Crippen molar-refractivity contribution in [2.45, 2.75) is 85.2 Å². The minimum atomic E-state index is -1.29. The minimum Gasteiger partial charge on any atom is -0.465 e. The Bertz CT molecular complexity index is 1610. The number of nitrogens with zero attached hydrogens (tertiary/aromatic N) is 4. The van der Waals surface area contributed by atoms with Gasteiger partial charge in [-0.2, -0.15) is 0 Å². The Hall–Kier alpha value is -5.25. The highest BCUT2D eigenvalue weighted by atomic mass is 32.1. The molecule has 16 heteroatoms. The van der Waals surface area contributed by atoms with Gasteiger partial charge in [0.1, 0.15) is 4.88 Å². The summed E-state index contributed by atoms with van der Waals surface area (Å²) in [5, 5.41) is 39.9. The zero-order chi connectivity index (χ0) is 36.0. The average molecular weight is 684 g/mol. The van der Waals surface area contributed by atoms with Gasteiger partial charge in [-0.15, -0.1) is 0 Å². The summed E-state index contributed by atoms with van der Waals surface area (Å²) in [5.74, 6) is -0.748. The molecule has 5 N–H and O–H groups in total. The van der Waals surface area contributed by atoms with E-state index in [1.807, 2.05) is 0 Å². The van der Waals surface area contributed by atoms with Gasteiger partial charge in [0, 0.05) is 42.4 Å². The topological polar surface area (TPSA) is 207 Å². The Morgan fingerprint density at radius 3 is 1.85 bits per heavy atom. The van der Waals surface area contributed by atoms with Crippen molar-refractivity contribution in [1.29, 1.82) is 0 Å². The van der Waals surface area contributed by atoms with Gasteiger partial charge in [0.2, 0.25) is 5.91 Å². The Labute approximate surface area is 282 Å². The number of hydrogen-bond donors (Lipinski definition) is 5. The lowest BCUT2D eigenvalue weighted by molar-refractivity contribution is -0.384. The van der Waals surface area contributed by atoms with Crippen LogP contribution in [0.2, 0.25) is 0 Å². The second-order valence-electron chi connectivity index (χ2n) is 12.9. The molecule has 0 radical (unpaired) electrons. The SMILES string of the molecule is CC(=O)Nc1nc(CCc2ccc(NC(N(C(=O)O)C(C)(C)C)N(C(=O)O)C(C)(C)C)cc2)c(C(=O)NCc2ccc([N+](=O)[O-])cc2)s1. The molecule has 0 saturated carbocycles. The van der Waals surface area contributed by atoms with Crippen molar-refractivity contribution in [1.82, 2.24) is 20.1 Å². The van der Waals surface area contributed by atoms with E-state index in [0.29, 0.717) is 34.7 Å². The van der Waals surface area contributed by atoms with Gasteiger partial charge < -0.3 is 26.2 Å². The number of benzene rings is 2. The predicted octanol–water partition coefficient (Wildman–Crippen LogP) is 5.98. The molecule has 48 heavy (non-hydrogen) atoms. The van der Waals surface area contributed by atoms with Crippen LogP contribution in [0.25, 0.3) is 0 Å². The number of aryl methyl sites for hydroxylation is 2. The standard InChI is InChI=1S/C32H41N7O8S/c1-19(40)34-27-36-24(25(48-27)26(41)33-18-21-10-15-23(16-11-21)39(46)47)17-12-20-8-13-22(14-9-20)35-28(37(29(42)43)31(2,3)4)38(30(44)45)32(5,6)7/h8-11,13-16,28,35H,12,17-18H2,1-7H3,(H,33,41)(H,42,43)(H,44,45)(H,34,36,40). The molecule has 4 amide bonds. The van der Waals surface area contributed by atoms with Crippen molar-refractivity contribution >= 4 is 51.8 Å². The van der Waals surface area contributed by atoms with Crippen LogP contribution in [0.1, 0.15) is 75.0 Å². The van der Waals surface area contributed by atoms with E-state index in [2.05, 4.69) is 20.9 Å². The van der Waals surface area contributed by atoms with E-state index in [9.17, 15) is 39.5 Å². The zero-order valence-corrected chi connectivity index (χ0v) is 28.7. The third-order valence-corrected chi connectivity index (χ3v) is 8.05. The maximum atomic E-state index is 13.2. The smallest absolute Gasteiger partial charge is 0.410 e. The van der Waals surface area contributed by atoms with Gasteiger partial charge in [0.15, 0.2) is 11.4 Å². The van der Waals surface area contributed by atoms with Gasteiger partial charge in [0.25, 0.3) is 11.6 Å². The number of rotatable bonds is 12. The van der Waals surface area contributed by atoms with E-state index < -0.39 is 40.4 Å². The molecule has 0 spiro atoms. The zero-order valence-electron chi connectivity index (χ0n) is 27.9. The largest absolute Gasteiger partial charge is 0.465 e. The van der Waals surface area contributed by atoms with Crippen molar-refractivity contribution < 1.29 is 34.3 Å². The molecule has 2 aromatic carbocycles. The van der Waals surface area contributed by atoms with E-state index in [-0.39, 0.29) is 23.3 Å². The fraction of sp³-hybridized carbons (Fsp3) is 0.406. The van der Waals surface area contributed by atoms with Gasteiger partial charge in [-0.3, -0.25) is 29.5 Å². The Balaban J connectivity index is 1.80. The summed E-state index contributed by atoms with van der Waals surface area (Å²) >= 11 is 1.04. The average Bonchev–Trinajstić information content (AvgIpc) is 3.35. The second kappa shape index (κ2) is 15.1. The second-order valence-corrected chi connectivity index (χ2v) is 13.9. The Morgan fingerprint density at radius 1 is 0.875 bits per heavy atom. The van der Waals surface area contributed by atoms with Crippen molar-refractivity contribution in [3.63, 3.8) is 0 Å². The first-order valence-electron chi connectivity index (χ1n) is 15.0. The number of carbonyl (C=O) groups is 4. The monoisotopic (exact) mass is 683 g/mol. The summed E-state index contributed by atoms with van der Waals surface area (Å²) in [6.45, 7) is 11.6. The summed E-state index contributed by atoms with van der Waals surface area (Å²) < 4.78 is 0. The Morgan fingerprint density at radius 2 is 1.40 bits per heavy atom. The molecule has 1 heterocycles. The van der Waals surface area contributed by atoms with Crippen LogP contribution in [0.15, 0.2) is 48.5 Å². The number of nitrogens with one attached hydrogen (secondary N) is 3. The molecule has 15 nitrogen and oxygen atoms in total. The fourth-order valence-corrected chi connectivity index (χ4v) is 5.82. The van der Waals surface area contributed by atoms with Crippen LogP contribution in [-0.4, -0.2) is 71.3 Å². The molecule has 0 atom stereocenters. The first-order chi connectivity index (χ1) is 22.3. The maximum Gasteiger partial charge on any atom is 0.410 e. The third kappa shape index (κ3) is 9.87. The molecule has 0 saturated heterocycles. The van der Waals surface area contributed by atoms with Crippen molar-refractivity contribution in [3.8, 4) is 0 Å². The van der Waals surface area contributed by atoms with Crippen molar-refractivity contribution in [2.75, 3.05) is 10.6 Å². The quantitative estimate of drug-likeness (QED) is 0.0857. The lowest BCUT2D eigenvalue weighted by atomic mass is 10.0. The van der Waals surface area contributed by atoms with Crippen LogP contribution in [0.5, 0.6) is 0 Å². The number of aromatic nitrogens is 1. The van der Waals surface area contributed by atoms with E-state index >= 15 is 0 Å². The van der Waals surface area contributed by atoms with E-state index in [1.165, 1.54) is 19.1 Å². The van der Waals surface area contributed by atoms with E-state index in [1.54, 1.807) is 77.9 Å². The number of hydrogen-bond acceptors (Lipinski definition) is 9. The van der Waals surface area contributed by atoms with Crippen LogP contribution in [-0.2, 0) is 24.2 Å². The number of nitro groups is 1. The lowest BCUT2D eigenvalue weighted by Gasteiger charge is -2.48. The molecular weight excluding hydrogens is 642 g/mol. The number of carboxylic acid groups (broad SMARTS) is 2. The first-order valence-corrected chi connectivity index (χ1v) is 15.8. The van der Waals surface area contributed by atoms with E-state index in [4.69, 9.17) is 0 Å². The summed E-state index contributed by atoms with van der Waals surface area (Å²) in [5.41, 5.74) is 0.536. The number of nitro benzene ring substituents is 1. The predicted molar refractivity (Wildman–Crippen MR) is 181 cm³/mol. The molecule has 258 valence electrons. The molecule has 0 aliphatic rings. The van der Waals surface area contributed by atoms with Gasteiger partial charge in [-0.25, -0.2) is 14.6 Å². The van der Waals surface area contributed by atoms with E-state index in [0.717, 1.165) is 26.7 Å². The van der Waals surface area contributed by atoms with Crippen LogP contribution in [0, 0.1) is 10.1 Å². The normalized spacial score (nSPS) is 11.5. The molecule has 0 bridgehead atoms. The first kappa shape index (κ1) is 37.2. The highest BCUT2D eigenvalue weighted by Gasteiger charge is 2.43. The van der Waals surface area contributed by atoms with Crippen molar-refractivity contribution in [2.24, 2.45) is 0 Å². The van der Waals surface area contributed by atoms with Crippen LogP contribution in [0.4, 0.5) is 26.1 Å². The number of anilines is 2. The minimum absolute atomic E-state index is 0.0577. The molecule has 0 unspecified atom stereocenters. The van der Waals surface area contributed by atoms with Crippen LogP contribution >= 0.6 is 11.3 Å². The number of non-ortho nitro benzene ring substituents is 1. The molecule has 3 rings (SSSR count). The summed E-state index contributed by atoms with van der Waals surface area (Å²) in [6.07, 6.45) is -3.02. The number of thiazole rings is 1.